The first-order valence-electron chi connectivity index (χ1n) is 10.9. The number of methoxy groups -OCH3 is 3. The number of nitrogens with zero attached hydrogens (tertiary/aromatic N) is 1. The molecule has 3 rings (SSSR count). The average molecular weight is 477 g/mol. The Morgan fingerprint density at radius 1 is 0.970 bits per heavy atom. The van der Waals surface area contributed by atoms with Gasteiger partial charge in [-0.25, -0.2) is 8.42 Å². The lowest BCUT2D eigenvalue weighted by Crippen LogP contribution is -2.43. The zero-order valence-electron chi connectivity index (χ0n) is 19.6. The summed E-state index contributed by atoms with van der Waals surface area (Å²) in [6.45, 7) is 2.94. The average Bonchev–Trinajstić information content (AvgIpc) is 2.83. The molecule has 1 aliphatic rings. The fraction of sp³-hybridized carbons (Fsp3) is 0.458. The van der Waals surface area contributed by atoms with Gasteiger partial charge in [-0.1, -0.05) is 12.1 Å². The van der Waals surface area contributed by atoms with E-state index in [1.54, 1.807) is 26.4 Å². The summed E-state index contributed by atoms with van der Waals surface area (Å²) in [5.41, 5.74) is 1.87. The highest BCUT2D eigenvalue weighted by Gasteiger charge is 2.33. The van der Waals surface area contributed by atoms with Crippen LogP contribution in [-0.2, 0) is 21.2 Å². The maximum absolute atomic E-state index is 13.1. The van der Waals surface area contributed by atoms with Crippen LogP contribution >= 0.6 is 0 Å². The predicted molar refractivity (Wildman–Crippen MR) is 125 cm³/mol. The zero-order valence-corrected chi connectivity index (χ0v) is 20.4. The van der Waals surface area contributed by atoms with E-state index >= 15 is 0 Å². The largest absolute Gasteiger partial charge is 0.495 e. The van der Waals surface area contributed by atoms with E-state index in [1.165, 1.54) is 11.4 Å². The molecule has 1 heterocycles. The Morgan fingerprint density at radius 3 is 2.24 bits per heavy atom. The van der Waals surface area contributed by atoms with Crippen molar-refractivity contribution in [3.8, 4) is 17.2 Å². The third-order valence-electron chi connectivity index (χ3n) is 5.92. The number of piperidine rings is 1. The predicted octanol–water partition coefficient (Wildman–Crippen LogP) is 2.78. The van der Waals surface area contributed by atoms with Gasteiger partial charge in [0.15, 0.2) is 11.5 Å². The van der Waals surface area contributed by atoms with Gasteiger partial charge in [-0.3, -0.25) is 4.79 Å². The van der Waals surface area contributed by atoms with Crippen LogP contribution in [0.2, 0.25) is 0 Å². The SMILES string of the molecule is COc1ccc(CCNC(=O)C2CCN(S(=O)(=O)c3cc(C)ccc3OC)CC2)cc1OC. The highest BCUT2D eigenvalue weighted by atomic mass is 32.2. The number of benzene rings is 2. The van der Waals surface area contributed by atoms with E-state index in [-0.39, 0.29) is 16.7 Å². The van der Waals surface area contributed by atoms with E-state index < -0.39 is 10.0 Å². The second kappa shape index (κ2) is 10.9. The Kier molecular flexibility index (Phi) is 8.20. The number of carbonyl (C=O) groups excluding carboxylic acids is 1. The number of carbonyl (C=O) groups is 1. The van der Waals surface area contributed by atoms with Crippen LogP contribution in [0.1, 0.15) is 24.0 Å². The smallest absolute Gasteiger partial charge is 0.246 e. The Bertz CT molecular complexity index is 1080. The van der Waals surface area contributed by atoms with Gasteiger partial charge in [-0.05, 0) is 61.6 Å². The monoisotopic (exact) mass is 476 g/mol. The van der Waals surface area contributed by atoms with Gasteiger partial charge >= 0.3 is 0 Å². The quantitative estimate of drug-likeness (QED) is 0.598. The van der Waals surface area contributed by atoms with Gasteiger partial charge in [0.2, 0.25) is 15.9 Å². The van der Waals surface area contributed by atoms with Crippen LogP contribution < -0.4 is 19.5 Å². The first-order chi connectivity index (χ1) is 15.8. The van der Waals surface area contributed by atoms with Crippen molar-refractivity contribution in [3.63, 3.8) is 0 Å². The molecule has 2 aromatic carbocycles. The van der Waals surface area contributed by atoms with Crippen LogP contribution in [0, 0.1) is 12.8 Å². The molecule has 8 nitrogen and oxygen atoms in total. The van der Waals surface area contributed by atoms with Gasteiger partial charge < -0.3 is 19.5 Å². The first kappa shape index (κ1) is 24.9. The van der Waals surface area contributed by atoms with Crippen LogP contribution in [0.4, 0.5) is 0 Å². The Morgan fingerprint density at radius 2 is 1.61 bits per heavy atom. The van der Waals surface area contributed by atoms with Crippen molar-refractivity contribution in [1.29, 1.82) is 0 Å². The summed E-state index contributed by atoms with van der Waals surface area (Å²) in [5.74, 6) is 1.40. The Labute approximate surface area is 195 Å². The van der Waals surface area contributed by atoms with Crippen molar-refractivity contribution in [2.45, 2.75) is 31.1 Å². The summed E-state index contributed by atoms with van der Waals surface area (Å²) in [5, 5.41) is 2.98. The molecule has 9 heteroatoms. The van der Waals surface area contributed by atoms with Gasteiger partial charge in [0.05, 0.1) is 21.3 Å². The maximum atomic E-state index is 13.1. The molecule has 0 bridgehead atoms. The maximum Gasteiger partial charge on any atom is 0.246 e. The summed E-state index contributed by atoms with van der Waals surface area (Å²) in [7, 11) is 0.951. The van der Waals surface area contributed by atoms with E-state index in [1.807, 2.05) is 31.2 Å². The second-order valence-corrected chi connectivity index (χ2v) is 9.97. The molecule has 0 saturated carbocycles. The van der Waals surface area contributed by atoms with Crippen LogP contribution in [-0.4, -0.2) is 59.6 Å². The summed E-state index contributed by atoms with van der Waals surface area (Å²) >= 11 is 0. The molecule has 2 aromatic rings. The van der Waals surface area contributed by atoms with Crippen LogP contribution in [0.3, 0.4) is 0 Å². The Hall–Kier alpha value is -2.78. The number of amides is 1. The molecule has 1 saturated heterocycles. The van der Waals surface area contributed by atoms with E-state index in [9.17, 15) is 13.2 Å². The van der Waals surface area contributed by atoms with Crippen molar-refractivity contribution in [3.05, 3.63) is 47.5 Å². The third-order valence-corrected chi connectivity index (χ3v) is 7.84. The normalized spacial score (nSPS) is 15.2. The topological polar surface area (TPSA) is 94.2 Å². The van der Waals surface area contributed by atoms with E-state index in [0.29, 0.717) is 56.1 Å². The van der Waals surface area contributed by atoms with Crippen molar-refractivity contribution < 1.29 is 27.4 Å². The number of aryl methyl sites for hydroxylation is 1. The van der Waals surface area contributed by atoms with Crippen molar-refractivity contribution in [2.24, 2.45) is 5.92 Å². The van der Waals surface area contributed by atoms with Gasteiger partial charge in [0.25, 0.3) is 0 Å². The molecule has 0 aliphatic carbocycles. The molecule has 180 valence electrons. The minimum atomic E-state index is -3.69. The van der Waals surface area contributed by atoms with E-state index in [2.05, 4.69) is 5.32 Å². The summed E-state index contributed by atoms with van der Waals surface area (Å²) in [6.07, 6.45) is 1.62. The van der Waals surface area contributed by atoms with Crippen molar-refractivity contribution >= 4 is 15.9 Å². The van der Waals surface area contributed by atoms with E-state index in [4.69, 9.17) is 14.2 Å². The standard InChI is InChI=1S/C24H32N2O6S/c1-17-5-7-21(31-3)23(15-17)33(28,29)26-13-10-19(11-14-26)24(27)25-12-9-18-6-8-20(30-2)22(16-18)32-4/h5-8,15-16,19H,9-14H2,1-4H3,(H,25,27). The van der Waals surface area contributed by atoms with Crippen LogP contribution in [0.5, 0.6) is 17.2 Å². The molecule has 1 amide bonds. The molecule has 0 aromatic heterocycles. The third kappa shape index (κ3) is 5.78. The lowest BCUT2D eigenvalue weighted by Gasteiger charge is -2.31. The summed E-state index contributed by atoms with van der Waals surface area (Å²) in [4.78, 5) is 12.8. The molecule has 1 N–H and O–H groups in total. The minimum absolute atomic E-state index is 0.0411. The second-order valence-electron chi connectivity index (χ2n) is 8.06. The molecule has 0 spiro atoms. The number of ether oxygens (including phenoxy) is 3. The molecule has 1 aliphatic heterocycles. The van der Waals surface area contributed by atoms with Gasteiger partial charge in [0, 0.05) is 25.6 Å². The van der Waals surface area contributed by atoms with Gasteiger partial charge in [-0.2, -0.15) is 4.31 Å². The molecule has 0 radical (unpaired) electrons. The molecule has 1 fully saturated rings. The first-order valence-corrected chi connectivity index (χ1v) is 12.4. The van der Waals surface area contributed by atoms with Crippen LogP contribution in [0.15, 0.2) is 41.3 Å². The number of hydrogen-bond acceptors (Lipinski definition) is 6. The van der Waals surface area contributed by atoms with Gasteiger partial charge in [0.1, 0.15) is 10.6 Å². The highest BCUT2D eigenvalue weighted by molar-refractivity contribution is 7.89. The fourth-order valence-electron chi connectivity index (χ4n) is 3.99. The lowest BCUT2D eigenvalue weighted by atomic mass is 9.97. The minimum Gasteiger partial charge on any atom is -0.495 e. The molecular weight excluding hydrogens is 444 g/mol. The van der Waals surface area contributed by atoms with Gasteiger partial charge in [-0.15, -0.1) is 0 Å². The highest BCUT2D eigenvalue weighted by Crippen LogP contribution is 2.31. The lowest BCUT2D eigenvalue weighted by molar-refractivity contribution is -0.126. The van der Waals surface area contributed by atoms with Crippen LogP contribution in [0.25, 0.3) is 0 Å². The van der Waals surface area contributed by atoms with Crippen molar-refractivity contribution in [2.75, 3.05) is 41.0 Å². The molecule has 0 unspecified atom stereocenters. The number of sulfonamides is 1. The number of hydrogen-bond donors (Lipinski definition) is 1. The number of nitrogens with one attached hydrogen (secondary N) is 1. The Balaban J connectivity index is 1.53. The zero-order chi connectivity index (χ0) is 24.0. The molecule has 0 atom stereocenters. The van der Waals surface area contributed by atoms with E-state index in [0.717, 1.165) is 11.1 Å². The fourth-order valence-corrected chi connectivity index (χ4v) is 5.70. The molecule has 33 heavy (non-hydrogen) atoms. The summed E-state index contributed by atoms with van der Waals surface area (Å²) in [6, 6.07) is 10.8. The molecular formula is C24H32N2O6S. The van der Waals surface area contributed by atoms with Crippen molar-refractivity contribution in [1.82, 2.24) is 9.62 Å². The summed E-state index contributed by atoms with van der Waals surface area (Å²) < 4.78 is 43.6. The number of rotatable bonds is 9.